The molecule has 0 saturated heterocycles. The molecule has 4 nitrogen and oxygen atoms in total. The molecular weight excluding hydrogens is 236 g/mol. The zero-order valence-corrected chi connectivity index (χ0v) is 9.72. The van der Waals surface area contributed by atoms with Crippen molar-refractivity contribution in [1.82, 2.24) is 0 Å². The highest BCUT2D eigenvalue weighted by molar-refractivity contribution is 7.13. The lowest BCUT2D eigenvalue weighted by molar-refractivity contribution is -0.380. The Hall–Kier alpha value is -0.650. The minimum Gasteiger partial charge on any atom is -0.324 e. The fourth-order valence-corrected chi connectivity index (χ4v) is 2.27. The van der Waals surface area contributed by atoms with Crippen molar-refractivity contribution in [2.45, 2.75) is 25.3 Å². The van der Waals surface area contributed by atoms with Crippen LogP contribution in [0.1, 0.15) is 30.9 Å². The monoisotopic (exact) mass is 248 g/mol. The SMILES string of the molecule is Cl.N[C@@H](CC1CC1)c1csc([N+](=O)[O-])c1. The fraction of sp³-hybridized carbons (Fsp3) is 0.556. The number of thiophene rings is 1. The number of hydrogen-bond donors (Lipinski definition) is 1. The van der Waals surface area contributed by atoms with Gasteiger partial charge < -0.3 is 5.73 Å². The van der Waals surface area contributed by atoms with Crippen LogP contribution in [-0.4, -0.2) is 4.92 Å². The van der Waals surface area contributed by atoms with Crippen LogP contribution in [0.25, 0.3) is 0 Å². The Morgan fingerprint density at radius 1 is 1.67 bits per heavy atom. The summed E-state index contributed by atoms with van der Waals surface area (Å²) in [6.45, 7) is 0. The largest absolute Gasteiger partial charge is 0.324 e. The van der Waals surface area contributed by atoms with Gasteiger partial charge in [-0.05, 0) is 17.9 Å². The number of rotatable bonds is 4. The lowest BCUT2D eigenvalue weighted by atomic mass is 10.1. The molecule has 1 aromatic heterocycles. The second-order valence-electron chi connectivity index (χ2n) is 3.76. The Bertz CT molecular complexity index is 352. The van der Waals surface area contributed by atoms with Gasteiger partial charge in [-0.25, -0.2) is 0 Å². The van der Waals surface area contributed by atoms with E-state index in [0.29, 0.717) is 0 Å². The van der Waals surface area contributed by atoms with Gasteiger partial charge in [0.2, 0.25) is 0 Å². The Kier molecular flexibility index (Phi) is 4.07. The first-order chi connectivity index (χ1) is 6.66. The van der Waals surface area contributed by atoms with Gasteiger partial charge in [0.05, 0.1) is 4.92 Å². The summed E-state index contributed by atoms with van der Waals surface area (Å²) >= 11 is 1.15. The Balaban J connectivity index is 0.00000112. The predicted molar refractivity (Wildman–Crippen MR) is 62.5 cm³/mol. The summed E-state index contributed by atoms with van der Waals surface area (Å²) in [6.07, 6.45) is 3.49. The van der Waals surface area contributed by atoms with E-state index in [1.807, 2.05) is 0 Å². The summed E-state index contributed by atoms with van der Waals surface area (Å²) < 4.78 is 0. The molecule has 1 aliphatic rings. The molecule has 1 saturated carbocycles. The van der Waals surface area contributed by atoms with Gasteiger partial charge in [-0.15, -0.1) is 12.4 Å². The zero-order chi connectivity index (χ0) is 10.1. The molecule has 1 fully saturated rings. The van der Waals surface area contributed by atoms with E-state index in [2.05, 4.69) is 0 Å². The Morgan fingerprint density at radius 2 is 2.33 bits per heavy atom. The fourth-order valence-electron chi connectivity index (χ4n) is 1.48. The van der Waals surface area contributed by atoms with Crippen LogP contribution in [0, 0.1) is 16.0 Å². The first-order valence-corrected chi connectivity index (χ1v) is 5.53. The molecule has 0 bridgehead atoms. The van der Waals surface area contributed by atoms with E-state index in [9.17, 15) is 10.1 Å². The molecule has 15 heavy (non-hydrogen) atoms. The van der Waals surface area contributed by atoms with Gasteiger partial charge in [0.1, 0.15) is 0 Å². The van der Waals surface area contributed by atoms with Gasteiger partial charge in [-0.2, -0.15) is 0 Å². The summed E-state index contributed by atoms with van der Waals surface area (Å²) in [5.41, 5.74) is 6.84. The molecule has 0 radical (unpaired) electrons. The molecule has 2 N–H and O–H groups in total. The van der Waals surface area contributed by atoms with E-state index in [4.69, 9.17) is 5.73 Å². The van der Waals surface area contributed by atoms with Crippen LogP contribution in [0.2, 0.25) is 0 Å². The van der Waals surface area contributed by atoms with Crippen molar-refractivity contribution in [2.24, 2.45) is 11.7 Å². The van der Waals surface area contributed by atoms with Crippen LogP contribution in [0.5, 0.6) is 0 Å². The molecule has 6 heteroatoms. The third-order valence-electron chi connectivity index (χ3n) is 2.50. The van der Waals surface area contributed by atoms with Crippen molar-refractivity contribution >= 4 is 28.7 Å². The van der Waals surface area contributed by atoms with Crippen LogP contribution in [0.3, 0.4) is 0 Å². The van der Waals surface area contributed by atoms with E-state index in [0.717, 1.165) is 29.2 Å². The maximum Gasteiger partial charge on any atom is 0.324 e. The average Bonchev–Trinajstić information content (AvgIpc) is 2.81. The maximum absolute atomic E-state index is 10.4. The van der Waals surface area contributed by atoms with Crippen LogP contribution >= 0.6 is 23.7 Å². The summed E-state index contributed by atoms with van der Waals surface area (Å²) in [7, 11) is 0. The Morgan fingerprint density at radius 3 is 2.80 bits per heavy atom. The number of hydrogen-bond acceptors (Lipinski definition) is 4. The van der Waals surface area contributed by atoms with Crippen LogP contribution in [0.15, 0.2) is 11.4 Å². The van der Waals surface area contributed by atoms with Crippen molar-refractivity contribution in [2.75, 3.05) is 0 Å². The van der Waals surface area contributed by atoms with Gasteiger partial charge in [-0.1, -0.05) is 24.2 Å². The molecular formula is C9H13ClN2O2S. The topological polar surface area (TPSA) is 69.2 Å². The quantitative estimate of drug-likeness (QED) is 0.658. The normalized spacial score (nSPS) is 16.9. The van der Waals surface area contributed by atoms with Gasteiger partial charge in [0.15, 0.2) is 0 Å². The standard InChI is InChI=1S/C9H12N2O2S.ClH/c10-8(3-6-1-2-6)7-4-9(11(12)13)14-5-7;/h4-6,8H,1-3,10H2;1H/t8-;/m0./s1. The summed E-state index contributed by atoms with van der Waals surface area (Å²) in [5.74, 6) is 0.754. The number of nitrogens with two attached hydrogens (primary N) is 1. The molecule has 1 aliphatic carbocycles. The van der Waals surface area contributed by atoms with Crippen molar-refractivity contribution in [3.8, 4) is 0 Å². The molecule has 0 aromatic carbocycles. The summed E-state index contributed by atoms with van der Waals surface area (Å²) in [4.78, 5) is 10.1. The molecule has 2 rings (SSSR count). The summed E-state index contributed by atoms with van der Waals surface area (Å²) in [5, 5.41) is 12.4. The van der Waals surface area contributed by atoms with Gasteiger partial charge in [-0.3, -0.25) is 10.1 Å². The van der Waals surface area contributed by atoms with Crippen molar-refractivity contribution in [1.29, 1.82) is 0 Å². The highest BCUT2D eigenvalue weighted by Crippen LogP contribution is 2.38. The molecule has 1 atom stereocenters. The van der Waals surface area contributed by atoms with Crippen molar-refractivity contribution in [3.05, 3.63) is 27.1 Å². The number of nitro groups is 1. The van der Waals surface area contributed by atoms with Gasteiger partial charge in [0, 0.05) is 17.5 Å². The second kappa shape index (κ2) is 4.92. The number of nitrogens with zero attached hydrogens (tertiary/aromatic N) is 1. The van der Waals surface area contributed by atoms with Crippen LogP contribution in [-0.2, 0) is 0 Å². The smallest absolute Gasteiger partial charge is 0.324 e. The van der Waals surface area contributed by atoms with E-state index in [-0.39, 0.29) is 28.4 Å². The van der Waals surface area contributed by atoms with Crippen LogP contribution in [0.4, 0.5) is 5.00 Å². The average molecular weight is 249 g/mol. The molecule has 0 aliphatic heterocycles. The van der Waals surface area contributed by atoms with Crippen molar-refractivity contribution in [3.63, 3.8) is 0 Å². The second-order valence-corrected chi connectivity index (χ2v) is 4.65. The lowest BCUT2D eigenvalue weighted by Gasteiger charge is -2.07. The lowest BCUT2D eigenvalue weighted by Crippen LogP contribution is -2.09. The van der Waals surface area contributed by atoms with E-state index < -0.39 is 0 Å². The summed E-state index contributed by atoms with van der Waals surface area (Å²) in [6, 6.07) is 1.57. The third-order valence-corrected chi connectivity index (χ3v) is 3.40. The molecule has 0 amide bonds. The van der Waals surface area contributed by atoms with Crippen LogP contribution < -0.4 is 5.73 Å². The van der Waals surface area contributed by atoms with E-state index in [1.165, 1.54) is 12.8 Å². The minimum atomic E-state index is -0.363. The zero-order valence-electron chi connectivity index (χ0n) is 8.09. The maximum atomic E-state index is 10.4. The first-order valence-electron chi connectivity index (χ1n) is 4.65. The van der Waals surface area contributed by atoms with Gasteiger partial charge >= 0.3 is 5.00 Å². The van der Waals surface area contributed by atoms with Crippen molar-refractivity contribution < 1.29 is 4.92 Å². The highest BCUT2D eigenvalue weighted by atomic mass is 35.5. The molecule has 0 unspecified atom stereocenters. The predicted octanol–water partition coefficient (Wildman–Crippen LogP) is 2.88. The third kappa shape index (κ3) is 3.15. The van der Waals surface area contributed by atoms with E-state index in [1.54, 1.807) is 11.4 Å². The Labute approximate surface area is 98.0 Å². The van der Waals surface area contributed by atoms with Gasteiger partial charge in [0.25, 0.3) is 0 Å². The van der Waals surface area contributed by atoms with E-state index >= 15 is 0 Å². The molecule has 0 spiro atoms. The molecule has 1 aromatic rings. The number of halogens is 1. The molecule has 1 heterocycles. The first kappa shape index (κ1) is 12.4. The molecule has 84 valence electrons. The minimum absolute atomic E-state index is 0. The highest BCUT2D eigenvalue weighted by Gasteiger charge is 2.25.